The van der Waals surface area contributed by atoms with Crippen molar-refractivity contribution in [3.8, 4) is 0 Å². The zero-order valence-electron chi connectivity index (χ0n) is 9.88. The van der Waals surface area contributed by atoms with Crippen LogP contribution in [0.3, 0.4) is 0 Å². The molecule has 2 atom stereocenters. The van der Waals surface area contributed by atoms with Gasteiger partial charge in [0, 0.05) is 23.2 Å². The molecule has 1 aliphatic heterocycles. The van der Waals surface area contributed by atoms with Crippen molar-refractivity contribution < 1.29 is 9.13 Å². The third-order valence-electron chi connectivity index (χ3n) is 3.52. The van der Waals surface area contributed by atoms with Crippen molar-refractivity contribution in [1.29, 1.82) is 0 Å². The molecule has 0 amide bonds. The predicted molar refractivity (Wildman–Crippen MR) is 66.7 cm³/mol. The molecule has 1 aromatic carbocycles. The molecule has 0 aromatic heterocycles. The Morgan fingerprint density at radius 2 is 2.35 bits per heavy atom. The molecule has 0 bridgehead atoms. The van der Waals surface area contributed by atoms with Crippen LogP contribution in [0.1, 0.15) is 25.3 Å². The monoisotopic (exact) mass is 257 g/mol. The molecule has 1 saturated heterocycles. The van der Waals surface area contributed by atoms with E-state index in [1.54, 1.807) is 12.1 Å². The highest BCUT2D eigenvalue weighted by Gasteiger charge is 2.36. The van der Waals surface area contributed by atoms with Crippen LogP contribution in [0.25, 0.3) is 0 Å². The van der Waals surface area contributed by atoms with E-state index in [-0.39, 0.29) is 17.5 Å². The zero-order valence-corrected chi connectivity index (χ0v) is 10.6. The number of benzene rings is 1. The zero-order chi connectivity index (χ0) is 12.5. The molecule has 4 heteroatoms. The van der Waals surface area contributed by atoms with Crippen LogP contribution in [0.2, 0.25) is 5.02 Å². The number of ether oxygens (including phenoxy) is 1. The molecule has 0 radical (unpaired) electrons. The van der Waals surface area contributed by atoms with Gasteiger partial charge in [-0.3, -0.25) is 0 Å². The number of rotatable bonds is 3. The summed E-state index contributed by atoms with van der Waals surface area (Å²) in [6.07, 6.45) is 2.33. The van der Waals surface area contributed by atoms with E-state index in [9.17, 15) is 4.39 Å². The molecule has 1 aliphatic rings. The molecular formula is C13H17ClFNO. The summed E-state index contributed by atoms with van der Waals surface area (Å²) in [6.45, 7) is 2.72. The van der Waals surface area contributed by atoms with Crippen molar-refractivity contribution in [2.24, 2.45) is 5.73 Å². The van der Waals surface area contributed by atoms with Crippen LogP contribution >= 0.6 is 11.6 Å². The minimum absolute atomic E-state index is 0.237. The molecule has 2 unspecified atom stereocenters. The van der Waals surface area contributed by atoms with E-state index < -0.39 is 0 Å². The van der Waals surface area contributed by atoms with Crippen molar-refractivity contribution in [3.63, 3.8) is 0 Å². The summed E-state index contributed by atoms with van der Waals surface area (Å²) < 4.78 is 19.3. The van der Waals surface area contributed by atoms with Gasteiger partial charge in [-0.1, -0.05) is 17.7 Å². The highest BCUT2D eigenvalue weighted by atomic mass is 35.5. The quantitative estimate of drug-likeness (QED) is 0.904. The summed E-state index contributed by atoms with van der Waals surface area (Å²) in [5.74, 6) is -0.297. The van der Waals surface area contributed by atoms with Crippen LogP contribution in [0, 0.1) is 5.82 Å². The van der Waals surface area contributed by atoms with Gasteiger partial charge in [0.2, 0.25) is 0 Å². The lowest BCUT2D eigenvalue weighted by Crippen LogP contribution is -2.46. The molecule has 0 saturated carbocycles. The second kappa shape index (κ2) is 4.92. The summed E-state index contributed by atoms with van der Waals surface area (Å²) in [4.78, 5) is 0. The van der Waals surface area contributed by atoms with Crippen LogP contribution < -0.4 is 5.73 Å². The number of hydrogen-bond donors (Lipinski definition) is 1. The second-order valence-corrected chi connectivity index (χ2v) is 5.18. The molecule has 2 nitrogen and oxygen atoms in total. The van der Waals surface area contributed by atoms with Gasteiger partial charge in [0.25, 0.3) is 0 Å². The van der Waals surface area contributed by atoms with E-state index in [1.807, 2.05) is 6.92 Å². The molecule has 2 rings (SSSR count). The largest absolute Gasteiger partial charge is 0.374 e. The summed E-state index contributed by atoms with van der Waals surface area (Å²) in [7, 11) is 0. The number of halogens is 2. The molecule has 17 heavy (non-hydrogen) atoms. The Kier molecular flexibility index (Phi) is 3.71. The molecule has 1 aromatic rings. The third kappa shape index (κ3) is 2.62. The molecule has 0 aliphatic carbocycles. The Bertz CT molecular complexity index is 384. The Hall–Kier alpha value is -0.640. The lowest BCUT2D eigenvalue weighted by Gasteiger charge is -2.30. The lowest BCUT2D eigenvalue weighted by molar-refractivity contribution is -0.00106. The maximum atomic E-state index is 13.6. The third-order valence-corrected chi connectivity index (χ3v) is 3.87. The smallest absolute Gasteiger partial charge is 0.127 e. The average Bonchev–Trinajstić information content (AvgIpc) is 2.72. The van der Waals surface area contributed by atoms with Crippen molar-refractivity contribution in [3.05, 3.63) is 34.6 Å². The number of nitrogens with two attached hydrogens (primary N) is 1. The normalized spacial score (nSPS) is 26.1. The summed E-state index contributed by atoms with van der Waals surface area (Å²) in [6, 6.07) is 4.45. The van der Waals surface area contributed by atoms with E-state index in [0.717, 1.165) is 19.4 Å². The SMILES string of the molecule is CC1(C(N)Cc2c(F)cccc2Cl)CCCO1. The summed E-state index contributed by atoms with van der Waals surface area (Å²) in [5, 5.41) is 0.432. The van der Waals surface area contributed by atoms with Gasteiger partial charge in [-0.2, -0.15) is 0 Å². The van der Waals surface area contributed by atoms with Crippen molar-refractivity contribution >= 4 is 11.6 Å². The van der Waals surface area contributed by atoms with Crippen LogP contribution in [0.4, 0.5) is 4.39 Å². The van der Waals surface area contributed by atoms with Crippen molar-refractivity contribution in [2.75, 3.05) is 6.61 Å². The van der Waals surface area contributed by atoms with E-state index in [2.05, 4.69) is 0 Å². The maximum Gasteiger partial charge on any atom is 0.127 e. The molecule has 0 spiro atoms. The standard InChI is InChI=1S/C13H17ClFNO/c1-13(6-3-7-17-13)12(16)8-9-10(14)4-2-5-11(9)15/h2,4-5,12H,3,6-8,16H2,1H3. The highest BCUT2D eigenvalue weighted by Crippen LogP contribution is 2.31. The Morgan fingerprint density at radius 3 is 2.94 bits per heavy atom. The van der Waals surface area contributed by atoms with Crippen molar-refractivity contribution in [1.82, 2.24) is 0 Å². The van der Waals surface area contributed by atoms with Crippen LogP contribution in [-0.2, 0) is 11.2 Å². The molecule has 94 valence electrons. The average molecular weight is 258 g/mol. The number of hydrogen-bond acceptors (Lipinski definition) is 2. The van der Waals surface area contributed by atoms with E-state index >= 15 is 0 Å². The maximum absolute atomic E-state index is 13.6. The van der Waals surface area contributed by atoms with Crippen LogP contribution in [0.15, 0.2) is 18.2 Å². The molecular weight excluding hydrogens is 241 g/mol. The summed E-state index contributed by atoms with van der Waals surface area (Å²) >= 11 is 5.99. The van der Waals surface area contributed by atoms with Crippen LogP contribution in [-0.4, -0.2) is 18.2 Å². The first-order valence-corrected chi connectivity index (χ1v) is 6.23. The first kappa shape index (κ1) is 12.8. The fraction of sp³-hybridized carbons (Fsp3) is 0.538. The van der Waals surface area contributed by atoms with Gasteiger partial charge >= 0.3 is 0 Å². The van der Waals surface area contributed by atoms with Crippen LogP contribution in [0.5, 0.6) is 0 Å². The highest BCUT2D eigenvalue weighted by molar-refractivity contribution is 6.31. The fourth-order valence-corrected chi connectivity index (χ4v) is 2.50. The second-order valence-electron chi connectivity index (χ2n) is 4.78. The Morgan fingerprint density at radius 1 is 1.59 bits per heavy atom. The van der Waals surface area contributed by atoms with Gasteiger partial charge in [-0.15, -0.1) is 0 Å². The van der Waals surface area contributed by atoms with E-state index in [4.69, 9.17) is 22.1 Å². The van der Waals surface area contributed by atoms with Crippen molar-refractivity contribution in [2.45, 2.75) is 37.8 Å². The Balaban J connectivity index is 2.15. The fourth-order valence-electron chi connectivity index (χ4n) is 2.26. The molecule has 1 heterocycles. The molecule has 2 N–H and O–H groups in total. The minimum atomic E-state index is -0.356. The van der Waals surface area contributed by atoms with Gasteiger partial charge in [0.15, 0.2) is 0 Å². The van der Waals surface area contributed by atoms with Gasteiger partial charge in [0.1, 0.15) is 5.82 Å². The summed E-state index contributed by atoms with van der Waals surface area (Å²) in [5.41, 5.74) is 6.26. The lowest BCUT2D eigenvalue weighted by atomic mass is 9.89. The van der Waals surface area contributed by atoms with Gasteiger partial charge in [-0.25, -0.2) is 4.39 Å². The van der Waals surface area contributed by atoms with Gasteiger partial charge in [-0.05, 0) is 38.3 Å². The molecule has 1 fully saturated rings. The van der Waals surface area contributed by atoms with Gasteiger partial charge < -0.3 is 10.5 Å². The topological polar surface area (TPSA) is 35.2 Å². The Labute approximate surface area is 106 Å². The van der Waals surface area contributed by atoms with Gasteiger partial charge in [0.05, 0.1) is 5.60 Å². The minimum Gasteiger partial charge on any atom is -0.374 e. The van der Waals surface area contributed by atoms with E-state index in [1.165, 1.54) is 6.07 Å². The predicted octanol–water partition coefficient (Wildman–Crippen LogP) is 2.92. The first-order valence-electron chi connectivity index (χ1n) is 5.85. The first-order chi connectivity index (χ1) is 8.03. The van der Waals surface area contributed by atoms with E-state index in [0.29, 0.717) is 17.0 Å².